The highest BCUT2D eigenvalue weighted by molar-refractivity contribution is 7.86. The topological polar surface area (TPSA) is 290 Å². The van der Waals surface area contributed by atoms with Gasteiger partial charge < -0.3 is 20.0 Å². The van der Waals surface area contributed by atoms with E-state index in [2.05, 4.69) is 0 Å². The van der Waals surface area contributed by atoms with Crippen molar-refractivity contribution >= 4 is 82.2 Å². The molecular weight excluding hydrogens is 743 g/mol. The van der Waals surface area contributed by atoms with Crippen LogP contribution in [-0.4, -0.2) is 56.0 Å². The maximum absolute atomic E-state index is 13.3. The van der Waals surface area contributed by atoms with Crippen LogP contribution in [0, 0.1) is 5.41 Å². The van der Waals surface area contributed by atoms with E-state index in [0.29, 0.717) is 0 Å². The fourth-order valence-corrected chi connectivity index (χ4v) is 7.51. The Kier molecular flexibility index (Phi) is 8.55. The smallest absolute Gasteiger partial charge is 0.343 e. The van der Waals surface area contributed by atoms with Crippen LogP contribution >= 0.6 is 23.2 Å². The van der Waals surface area contributed by atoms with Gasteiger partial charge in [-0.25, -0.2) is 9.59 Å². The van der Waals surface area contributed by atoms with Gasteiger partial charge in [-0.15, -0.1) is 0 Å². The Morgan fingerprint density at radius 1 is 0.792 bits per heavy atom. The summed E-state index contributed by atoms with van der Waals surface area (Å²) in [7, 11) is -15.3. The second-order valence-corrected chi connectivity index (χ2v) is 14.7. The predicted molar refractivity (Wildman–Crippen MR) is 166 cm³/mol. The summed E-state index contributed by atoms with van der Waals surface area (Å²) in [5, 5.41) is 16.0. The van der Waals surface area contributed by atoms with E-state index in [1.807, 2.05) is 0 Å². The lowest BCUT2D eigenvalue weighted by Crippen LogP contribution is -2.17. The number of rotatable bonds is 7. The number of fused-ring (bicyclic) bond motifs is 2. The number of carboxylic acids is 1. The van der Waals surface area contributed by atoms with Crippen molar-refractivity contribution in [3.63, 3.8) is 0 Å². The zero-order chi connectivity index (χ0) is 35.7. The predicted octanol–water partition coefficient (Wildman–Crippen LogP) is 4.23. The Labute approximate surface area is 279 Å². The monoisotopic (exact) mass is 758 g/mol. The summed E-state index contributed by atoms with van der Waals surface area (Å²) in [6.45, 7) is 0. The first-order valence-electron chi connectivity index (χ1n) is 12.5. The van der Waals surface area contributed by atoms with E-state index in [-0.39, 0.29) is 16.5 Å². The molecular formula is C27H16Cl2N2O14S3. The molecule has 0 saturated carbocycles. The Balaban J connectivity index is 1.86. The molecule has 0 atom stereocenters. The Hall–Kier alpha value is -4.60. The van der Waals surface area contributed by atoms with Gasteiger partial charge in [-0.2, -0.15) is 25.3 Å². The highest BCUT2D eigenvalue weighted by atomic mass is 35.5. The molecule has 1 aliphatic heterocycles. The number of nitrogens with two attached hydrogens (primary N) is 1. The number of carbonyl (C=O) groups is 2. The number of nitrogen functional groups attached to an aromatic ring is 1. The quantitative estimate of drug-likeness (QED) is 0.0445. The highest BCUT2D eigenvalue weighted by Gasteiger charge is 2.32. The summed E-state index contributed by atoms with van der Waals surface area (Å²) in [5.74, 6) is -4.25. The second kappa shape index (κ2) is 11.8. The van der Waals surface area contributed by atoms with Crippen LogP contribution in [0.5, 0.6) is 5.75 Å². The largest absolute Gasteiger partial charge is 0.478 e. The molecule has 21 heteroatoms. The number of nitrogens with one attached hydrogen (secondary N) is 1. The molecule has 0 amide bonds. The SMILES string of the molecule is N=c1ccc2c(-c3cc(C(=O)Oc4c(Cl)cc(S(=O)(=O)O)cc4Cl)ccc3C(=O)O)c3ccc(N)c(S(=O)(=O)O)c3oc-2c1S(=O)(=O)O. The Morgan fingerprint density at radius 3 is 1.94 bits per heavy atom. The van der Waals surface area contributed by atoms with E-state index < -0.39 is 112 Å². The molecule has 0 radical (unpaired) electrons. The van der Waals surface area contributed by atoms with Crippen molar-refractivity contribution in [1.29, 1.82) is 5.41 Å². The third kappa shape index (κ3) is 6.20. The van der Waals surface area contributed by atoms with Gasteiger partial charge in [0.05, 0.1) is 37.1 Å². The average molecular weight is 760 g/mol. The van der Waals surface area contributed by atoms with Crippen molar-refractivity contribution in [2.75, 3.05) is 5.73 Å². The van der Waals surface area contributed by atoms with Crippen molar-refractivity contribution in [3.05, 3.63) is 81.1 Å². The van der Waals surface area contributed by atoms with Crippen LogP contribution in [0.4, 0.5) is 5.69 Å². The number of halogens is 2. The highest BCUT2D eigenvalue weighted by Crippen LogP contribution is 2.46. The van der Waals surface area contributed by atoms with Crippen LogP contribution in [0.2, 0.25) is 10.0 Å². The first-order chi connectivity index (χ1) is 22.1. The molecule has 0 saturated heterocycles. The zero-order valence-corrected chi connectivity index (χ0v) is 27.1. The molecule has 16 nitrogen and oxygen atoms in total. The zero-order valence-electron chi connectivity index (χ0n) is 23.1. The van der Waals surface area contributed by atoms with Gasteiger partial charge >= 0.3 is 11.9 Å². The number of esters is 1. The van der Waals surface area contributed by atoms with Crippen LogP contribution in [0.15, 0.2) is 73.7 Å². The number of carbonyl (C=O) groups excluding carboxylic acids is 1. The molecule has 2 aliphatic rings. The fourth-order valence-electron chi connectivity index (χ4n) is 4.80. The lowest BCUT2D eigenvalue weighted by Gasteiger charge is -2.20. The van der Waals surface area contributed by atoms with Gasteiger partial charge in [0.25, 0.3) is 30.4 Å². The number of anilines is 1. The number of aromatic carboxylic acids is 1. The van der Waals surface area contributed by atoms with Gasteiger partial charge in [0.1, 0.15) is 0 Å². The van der Waals surface area contributed by atoms with Gasteiger partial charge in [-0.3, -0.25) is 19.1 Å². The van der Waals surface area contributed by atoms with Crippen LogP contribution in [0.3, 0.4) is 0 Å². The summed E-state index contributed by atoms with van der Waals surface area (Å²) in [5.41, 5.74) is 2.42. The molecule has 0 spiro atoms. The first-order valence-corrected chi connectivity index (χ1v) is 17.6. The van der Waals surface area contributed by atoms with Crippen LogP contribution in [0.1, 0.15) is 20.7 Å². The van der Waals surface area contributed by atoms with Crippen molar-refractivity contribution in [1.82, 2.24) is 0 Å². The summed E-state index contributed by atoms with van der Waals surface area (Å²) in [4.78, 5) is 22.8. The molecule has 0 fully saturated rings. The van der Waals surface area contributed by atoms with Crippen LogP contribution < -0.4 is 15.8 Å². The molecule has 48 heavy (non-hydrogen) atoms. The maximum atomic E-state index is 13.3. The third-order valence-electron chi connectivity index (χ3n) is 6.73. The van der Waals surface area contributed by atoms with Gasteiger partial charge in [-0.05, 0) is 60.2 Å². The fraction of sp³-hybridized carbons (Fsp3) is 0. The lowest BCUT2D eigenvalue weighted by molar-refractivity contribution is 0.0692. The summed E-state index contributed by atoms with van der Waals surface area (Å²) >= 11 is 12.1. The number of benzene rings is 4. The number of hydrogen-bond acceptors (Lipinski definition) is 12. The minimum atomic E-state index is -5.28. The maximum Gasteiger partial charge on any atom is 0.343 e. The number of hydrogen-bond donors (Lipinski definition) is 6. The minimum absolute atomic E-state index is 0.289. The normalized spacial score (nSPS) is 12.4. The van der Waals surface area contributed by atoms with Crippen molar-refractivity contribution in [2.24, 2.45) is 0 Å². The Bertz CT molecular complexity index is 2600. The first kappa shape index (κ1) is 34.7. The van der Waals surface area contributed by atoms with Crippen molar-refractivity contribution in [3.8, 4) is 28.2 Å². The van der Waals surface area contributed by atoms with E-state index in [9.17, 15) is 53.6 Å². The molecule has 5 rings (SSSR count). The Morgan fingerprint density at radius 2 is 1.40 bits per heavy atom. The molecule has 7 N–H and O–H groups in total. The summed E-state index contributed by atoms with van der Waals surface area (Å²) in [6, 6.07) is 8.52. The van der Waals surface area contributed by atoms with E-state index >= 15 is 0 Å². The molecule has 0 aromatic heterocycles. The molecule has 3 aromatic carbocycles. The standard InChI is InChI=1S/C27H16Cl2N2O14S3/c28-16-8-11(46(35,36)37)9-17(29)23(16)45-27(34)10-1-2-12(26(32)33)15(7-10)20-13-3-5-18(30)24(47(38,39)40)21(13)44-22-14(20)4-6-19(31)25(22)48(41,42)43/h1-9,30H,31H2,(H,32,33)(H,35,36,37)(H,38,39,40)(H,41,42,43). The van der Waals surface area contributed by atoms with Gasteiger partial charge in [0.2, 0.25) is 0 Å². The van der Waals surface area contributed by atoms with Crippen molar-refractivity contribution < 1.29 is 62.8 Å². The van der Waals surface area contributed by atoms with E-state index in [1.54, 1.807) is 0 Å². The minimum Gasteiger partial charge on any atom is -0.478 e. The van der Waals surface area contributed by atoms with Gasteiger partial charge in [0, 0.05) is 16.5 Å². The van der Waals surface area contributed by atoms with E-state index in [1.165, 1.54) is 0 Å². The summed E-state index contributed by atoms with van der Waals surface area (Å²) < 4.78 is 113. The molecule has 0 bridgehead atoms. The number of carboxylic acid groups (broad SMARTS) is 1. The van der Waals surface area contributed by atoms with Crippen LogP contribution in [0.25, 0.3) is 33.4 Å². The molecule has 1 aliphatic carbocycles. The molecule has 0 unspecified atom stereocenters. The lowest BCUT2D eigenvalue weighted by atomic mass is 9.89. The van der Waals surface area contributed by atoms with Crippen LogP contribution in [-0.2, 0) is 30.4 Å². The summed E-state index contributed by atoms with van der Waals surface area (Å²) in [6.07, 6.45) is 0. The molecule has 250 valence electrons. The van der Waals surface area contributed by atoms with Gasteiger partial charge in [0.15, 0.2) is 26.9 Å². The molecule has 3 aromatic rings. The van der Waals surface area contributed by atoms with E-state index in [4.69, 9.17) is 43.5 Å². The molecule has 1 heterocycles. The second-order valence-electron chi connectivity index (χ2n) is 9.75. The average Bonchev–Trinajstić information content (AvgIpc) is 2.95. The van der Waals surface area contributed by atoms with Crippen molar-refractivity contribution in [2.45, 2.75) is 14.7 Å². The number of ether oxygens (including phenoxy) is 1. The van der Waals surface area contributed by atoms with E-state index in [0.717, 1.165) is 54.6 Å². The third-order valence-corrected chi connectivity index (χ3v) is 9.98. The van der Waals surface area contributed by atoms with Gasteiger partial charge in [-0.1, -0.05) is 23.2 Å².